The van der Waals surface area contributed by atoms with Gasteiger partial charge in [-0.25, -0.2) is 0 Å². The van der Waals surface area contributed by atoms with Crippen LogP contribution in [-0.2, 0) is 10.8 Å². The minimum Gasteiger partial charge on any atom is -0.399 e. The molecule has 0 atom stereocenters. The van der Waals surface area contributed by atoms with Gasteiger partial charge in [0.25, 0.3) is 0 Å². The summed E-state index contributed by atoms with van der Waals surface area (Å²) in [6.45, 7) is 0. The minimum absolute atomic E-state index is 0. The lowest BCUT2D eigenvalue weighted by Gasteiger charge is -2.34. The van der Waals surface area contributed by atoms with E-state index in [4.69, 9.17) is 5.73 Å². The number of hydrogen-bond donors (Lipinski definition) is 2. The summed E-state index contributed by atoms with van der Waals surface area (Å²) >= 11 is 3.76. The summed E-state index contributed by atoms with van der Waals surface area (Å²) in [6, 6.07) is 113. The first-order valence-corrected chi connectivity index (χ1v) is 27.0. The third-order valence-corrected chi connectivity index (χ3v) is 15.6. The van der Waals surface area contributed by atoms with E-state index in [0.29, 0.717) is 0 Å². The van der Waals surface area contributed by atoms with Gasteiger partial charge in [-0.05, 0) is 150 Å². The maximum Gasteiger partial charge on any atom is 0.0714 e. The van der Waals surface area contributed by atoms with Gasteiger partial charge in [0, 0.05) is 21.5 Å². The Morgan fingerprint density at radius 1 is 0.278 bits per heavy atom. The molecule has 2 aliphatic rings. The van der Waals surface area contributed by atoms with E-state index in [0.717, 1.165) is 21.5 Å². The van der Waals surface area contributed by atoms with E-state index in [1.54, 1.807) is 0 Å². The molecule has 12 aromatic rings. The second-order valence-corrected chi connectivity index (χ2v) is 20.5. The minimum atomic E-state index is -0.438. The number of halogens is 2. The average molecular weight is 1090 g/mol. The van der Waals surface area contributed by atoms with Gasteiger partial charge in [-0.1, -0.05) is 278 Å². The van der Waals surface area contributed by atoms with Crippen molar-refractivity contribution in [1.29, 1.82) is 0 Å². The Morgan fingerprint density at radius 2 is 0.582 bits per heavy atom. The molecule has 0 aromatic heterocycles. The van der Waals surface area contributed by atoms with Crippen molar-refractivity contribution in [2.45, 2.75) is 18.3 Å². The molecule has 0 aliphatic heterocycles. The van der Waals surface area contributed by atoms with Gasteiger partial charge in [0.05, 0.1) is 10.8 Å². The van der Waals surface area contributed by atoms with Crippen molar-refractivity contribution in [2.24, 2.45) is 0 Å². The van der Waals surface area contributed by atoms with Crippen LogP contribution >= 0.6 is 15.9 Å². The van der Waals surface area contributed by atoms with Crippen LogP contribution in [0.3, 0.4) is 0 Å². The maximum atomic E-state index is 5.36. The highest BCUT2D eigenvalue weighted by Crippen LogP contribution is 2.59. The quantitative estimate of drug-likeness (QED) is 0.149. The zero-order valence-corrected chi connectivity index (χ0v) is 44.5. The van der Waals surface area contributed by atoms with Crippen LogP contribution in [0.25, 0.3) is 44.5 Å². The van der Waals surface area contributed by atoms with Crippen molar-refractivity contribution >= 4 is 33.0 Å². The largest absolute Gasteiger partial charge is 0.399 e. The summed E-state index contributed by atoms with van der Waals surface area (Å²) in [7, 11) is 0. The number of hydrogen-bond acceptors (Lipinski definition) is 2. The lowest BCUT2D eigenvalue weighted by molar-refractivity contribution is 0.768. The smallest absolute Gasteiger partial charge is 0.0714 e. The molecule has 3 N–H and O–H groups in total. The van der Waals surface area contributed by atoms with E-state index in [1.165, 1.54) is 89.0 Å². The van der Waals surface area contributed by atoms with Gasteiger partial charge in [-0.3, -0.25) is 4.70 Å². The molecule has 0 bridgehead atoms. The normalized spacial score (nSPS) is 12.4. The lowest BCUT2D eigenvalue weighted by Crippen LogP contribution is -2.28. The molecule has 12 aromatic carbocycles. The van der Waals surface area contributed by atoms with Crippen LogP contribution in [0, 0.1) is 0 Å². The van der Waals surface area contributed by atoms with Crippen LogP contribution in [0.15, 0.2) is 320 Å². The van der Waals surface area contributed by atoms with Crippen LogP contribution in [0.2, 0.25) is 0 Å². The first kappa shape index (κ1) is 53.1. The van der Waals surface area contributed by atoms with Gasteiger partial charge in [0.2, 0.25) is 0 Å². The zero-order valence-electron chi connectivity index (χ0n) is 42.9. The summed E-state index contributed by atoms with van der Waals surface area (Å²) in [6.07, 6.45) is 0. The standard InChI is InChI=1S/C37H27N.C31H21Br.C6H7N.CH4.FH/c1-5-13-27(14-6-1)28-21-23-33-34-24-22-32(38-31-19-11-4-12-20-31)26-36(34)37(35(33)25-28,29-15-7-2-8-16-29)30-17-9-3-10-18-30;32-26-17-19-28-27-18-16-23(22-10-4-1-5-11-22)20-29(27)31(30(28)21-26,24-12-6-2-7-13-24)25-14-8-3-9-15-25;7-6-4-2-1-3-5-6;;/h1-26,38H;1-21H;1-5H,7H2;1H4;1H. The number of rotatable bonds is 8. The van der Waals surface area contributed by atoms with Crippen LogP contribution < -0.4 is 11.1 Å². The van der Waals surface area contributed by atoms with Gasteiger partial charge in [-0.15, -0.1) is 0 Å². The molecule has 0 saturated carbocycles. The Labute approximate surface area is 473 Å². The number of benzene rings is 12. The molecule has 14 rings (SSSR count). The molecule has 0 unspecified atom stereocenters. The molecule has 0 spiro atoms. The Morgan fingerprint density at radius 3 is 0.949 bits per heavy atom. The fourth-order valence-corrected chi connectivity index (χ4v) is 12.2. The van der Waals surface area contributed by atoms with Gasteiger partial charge >= 0.3 is 0 Å². The van der Waals surface area contributed by atoms with Crippen molar-refractivity contribution in [1.82, 2.24) is 0 Å². The Hall–Kier alpha value is -9.35. The summed E-state index contributed by atoms with van der Waals surface area (Å²) in [5.74, 6) is 0. The van der Waals surface area contributed by atoms with Gasteiger partial charge < -0.3 is 11.1 Å². The Kier molecular flexibility index (Phi) is 15.8. The number of para-hydroxylation sites is 2. The maximum absolute atomic E-state index is 5.36. The molecule has 0 fully saturated rings. The van der Waals surface area contributed by atoms with Crippen LogP contribution in [0.1, 0.15) is 51.9 Å². The molecular weight excluding hydrogens is 1030 g/mol. The van der Waals surface area contributed by atoms with Crippen molar-refractivity contribution in [3.8, 4) is 44.5 Å². The fourth-order valence-electron chi connectivity index (χ4n) is 11.8. The third-order valence-electron chi connectivity index (χ3n) is 15.1. The van der Waals surface area contributed by atoms with Crippen molar-refractivity contribution in [2.75, 3.05) is 11.1 Å². The summed E-state index contributed by atoms with van der Waals surface area (Å²) < 4.78 is 1.10. The highest BCUT2D eigenvalue weighted by Gasteiger charge is 2.48. The average Bonchev–Trinajstić information content (AvgIpc) is 3.97. The van der Waals surface area contributed by atoms with Crippen LogP contribution in [0.4, 0.5) is 21.8 Å². The van der Waals surface area contributed by atoms with Crippen LogP contribution in [-0.4, -0.2) is 0 Å². The molecule has 0 heterocycles. The highest BCUT2D eigenvalue weighted by molar-refractivity contribution is 9.10. The second-order valence-electron chi connectivity index (χ2n) is 19.6. The van der Waals surface area contributed by atoms with E-state index in [9.17, 15) is 0 Å². The number of nitrogen functional groups attached to an aromatic ring is 1. The first-order valence-electron chi connectivity index (χ1n) is 26.2. The molecular formula is C75H60BrFN2. The molecule has 2 aliphatic carbocycles. The predicted molar refractivity (Wildman–Crippen MR) is 336 cm³/mol. The first-order chi connectivity index (χ1) is 38.0. The van der Waals surface area contributed by atoms with E-state index < -0.39 is 5.41 Å². The monoisotopic (exact) mass is 1090 g/mol. The van der Waals surface area contributed by atoms with Crippen molar-refractivity contribution in [3.05, 3.63) is 364 Å². The van der Waals surface area contributed by atoms with Crippen molar-refractivity contribution < 1.29 is 4.70 Å². The fraction of sp³-hybridized carbons (Fsp3) is 0.0400. The van der Waals surface area contributed by atoms with E-state index in [-0.39, 0.29) is 17.5 Å². The summed E-state index contributed by atoms with van der Waals surface area (Å²) in [4.78, 5) is 0. The van der Waals surface area contributed by atoms with Gasteiger partial charge in [0.15, 0.2) is 0 Å². The molecule has 0 saturated heterocycles. The van der Waals surface area contributed by atoms with Gasteiger partial charge in [0.1, 0.15) is 0 Å². The Bertz CT molecular complexity index is 3850. The van der Waals surface area contributed by atoms with E-state index in [2.05, 4.69) is 300 Å². The third kappa shape index (κ3) is 10.00. The molecule has 79 heavy (non-hydrogen) atoms. The predicted octanol–water partition coefficient (Wildman–Crippen LogP) is 20.0. The number of nitrogens with two attached hydrogens (primary N) is 1. The topological polar surface area (TPSA) is 38.0 Å². The SMILES string of the molecule is Brc1ccc2c(c1)C(c1ccccc1)(c1ccccc1)c1cc(-c3ccccc3)ccc1-2.C.F.Nc1ccccc1.c1ccc(Nc2ccc3c(c2)C(c2ccccc2)(c2ccccc2)c2cc(-c4ccccc4)ccc2-3)cc1. The Balaban J connectivity index is 0.000000157. The molecule has 384 valence electrons. The highest BCUT2D eigenvalue weighted by atomic mass is 79.9. The van der Waals surface area contributed by atoms with E-state index >= 15 is 0 Å². The number of fused-ring (bicyclic) bond motifs is 6. The van der Waals surface area contributed by atoms with Crippen LogP contribution in [0.5, 0.6) is 0 Å². The molecule has 2 nitrogen and oxygen atoms in total. The molecule has 4 heteroatoms. The van der Waals surface area contributed by atoms with Gasteiger partial charge in [-0.2, -0.15) is 0 Å². The zero-order chi connectivity index (χ0) is 52.0. The number of anilines is 3. The summed E-state index contributed by atoms with van der Waals surface area (Å²) in [5, 5.41) is 3.64. The van der Waals surface area contributed by atoms with Crippen molar-refractivity contribution in [3.63, 3.8) is 0 Å². The lowest BCUT2D eigenvalue weighted by atomic mass is 9.67. The molecule has 0 radical (unpaired) electrons. The summed E-state index contributed by atoms with van der Waals surface area (Å²) in [5.41, 5.74) is 28.1. The van der Waals surface area contributed by atoms with E-state index in [1.807, 2.05) is 36.4 Å². The number of nitrogens with one attached hydrogen (secondary N) is 1. The molecule has 0 amide bonds. The second kappa shape index (κ2) is 23.5.